The van der Waals surface area contributed by atoms with Crippen LogP contribution in [-0.2, 0) is 4.79 Å². The van der Waals surface area contributed by atoms with Crippen molar-refractivity contribution in [3.05, 3.63) is 29.8 Å². The zero-order chi connectivity index (χ0) is 14.0. The summed E-state index contributed by atoms with van der Waals surface area (Å²) in [6, 6.07) is 8.09. The van der Waals surface area contributed by atoms with Crippen LogP contribution < -0.4 is 4.74 Å². The molecular weight excluding hydrogens is 242 g/mol. The van der Waals surface area contributed by atoms with Crippen molar-refractivity contribution in [1.29, 1.82) is 0 Å². The molecule has 1 heterocycles. The predicted molar refractivity (Wildman–Crippen MR) is 73.3 cm³/mol. The van der Waals surface area contributed by atoms with E-state index in [1.807, 2.05) is 31.2 Å². The number of carbonyl (C=O) groups is 1. The SMILES string of the molecule is COc1ccccc1C(C)N1C[C@@H](C)[C@H](C(=O)O)C1. The second kappa shape index (κ2) is 5.61. The molecule has 1 fully saturated rings. The minimum atomic E-state index is -0.692. The molecule has 3 atom stereocenters. The first-order valence-corrected chi connectivity index (χ1v) is 6.64. The molecule has 1 aliphatic heterocycles. The van der Waals surface area contributed by atoms with Gasteiger partial charge in [-0.1, -0.05) is 25.1 Å². The summed E-state index contributed by atoms with van der Waals surface area (Å²) in [6.45, 7) is 5.54. The molecule has 0 amide bonds. The summed E-state index contributed by atoms with van der Waals surface area (Å²) in [7, 11) is 1.66. The van der Waals surface area contributed by atoms with Crippen LogP contribution in [0.3, 0.4) is 0 Å². The Morgan fingerprint density at radius 2 is 2.11 bits per heavy atom. The highest BCUT2D eigenvalue weighted by atomic mass is 16.5. The maximum Gasteiger partial charge on any atom is 0.308 e. The molecule has 2 rings (SSSR count). The summed E-state index contributed by atoms with van der Waals surface area (Å²) in [5, 5.41) is 9.20. The summed E-state index contributed by atoms with van der Waals surface area (Å²) in [4.78, 5) is 13.4. The van der Waals surface area contributed by atoms with Crippen LogP contribution in [-0.4, -0.2) is 36.2 Å². The highest BCUT2D eigenvalue weighted by Crippen LogP contribution is 2.34. The molecule has 4 heteroatoms. The number of nitrogens with zero attached hydrogens (tertiary/aromatic N) is 1. The second-order valence-electron chi connectivity index (χ2n) is 5.29. The Kier molecular flexibility index (Phi) is 4.10. The van der Waals surface area contributed by atoms with E-state index in [0.717, 1.165) is 17.9 Å². The number of ether oxygens (including phenoxy) is 1. The quantitative estimate of drug-likeness (QED) is 0.906. The molecule has 1 aromatic rings. The predicted octanol–water partition coefficient (Wildman–Crippen LogP) is 2.41. The van der Waals surface area contributed by atoms with Gasteiger partial charge in [0.15, 0.2) is 0 Å². The highest BCUT2D eigenvalue weighted by molar-refractivity contribution is 5.71. The van der Waals surface area contributed by atoms with E-state index >= 15 is 0 Å². The van der Waals surface area contributed by atoms with Crippen molar-refractivity contribution < 1.29 is 14.6 Å². The number of carboxylic acid groups (broad SMARTS) is 1. The van der Waals surface area contributed by atoms with Crippen molar-refractivity contribution in [2.45, 2.75) is 19.9 Å². The Morgan fingerprint density at radius 1 is 1.42 bits per heavy atom. The first-order chi connectivity index (χ1) is 9.04. The fourth-order valence-corrected chi connectivity index (χ4v) is 2.85. The van der Waals surface area contributed by atoms with Gasteiger partial charge in [-0.05, 0) is 18.9 Å². The van der Waals surface area contributed by atoms with Gasteiger partial charge >= 0.3 is 5.97 Å². The van der Waals surface area contributed by atoms with Gasteiger partial charge in [-0.3, -0.25) is 9.69 Å². The lowest BCUT2D eigenvalue weighted by Crippen LogP contribution is -2.26. The first-order valence-electron chi connectivity index (χ1n) is 6.64. The summed E-state index contributed by atoms with van der Waals surface area (Å²) < 4.78 is 5.38. The van der Waals surface area contributed by atoms with E-state index in [9.17, 15) is 9.90 Å². The molecule has 1 aromatic carbocycles. The van der Waals surface area contributed by atoms with E-state index in [4.69, 9.17) is 4.74 Å². The molecule has 1 aliphatic rings. The Balaban J connectivity index is 2.17. The molecule has 19 heavy (non-hydrogen) atoms. The summed E-state index contributed by atoms with van der Waals surface area (Å²) in [5.74, 6) is 0.0930. The van der Waals surface area contributed by atoms with Crippen LogP contribution in [0.1, 0.15) is 25.5 Å². The lowest BCUT2D eigenvalue weighted by Gasteiger charge is -2.26. The third kappa shape index (κ3) is 2.73. The van der Waals surface area contributed by atoms with Gasteiger partial charge in [-0.15, -0.1) is 0 Å². The van der Waals surface area contributed by atoms with Gasteiger partial charge in [0.05, 0.1) is 13.0 Å². The van der Waals surface area contributed by atoms with Crippen molar-refractivity contribution >= 4 is 5.97 Å². The smallest absolute Gasteiger partial charge is 0.308 e. The fraction of sp³-hybridized carbons (Fsp3) is 0.533. The van der Waals surface area contributed by atoms with Crippen LogP contribution in [0.5, 0.6) is 5.75 Å². The molecule has 0 bridgehead atoms. The monoisotopic (exact) mass is 263 g/mol. The van der Waals surface area contributed by atoms with Crippen LogP contribution in [0.25, 0.3) is 0 Å². The minimum Gasteiger partial charge on any atom is -0.496 e. The van der Waals surface area contributed by atoms with Gasteiger partial charge < -0.3 is 9.84 Å². The van der Waals surface area contributed by atoms with Crippen molar-refractivity contribution in [1.82, 2.24) is 4.90 Å². The van der Waals surface area contributed by atoms with Crippen molar-refractivity contribution in [2.24, 2.45) is 11.8 Å². The van der Waals surface area contributed by atoms with E-state index in [1.165, 1.54) is 0 Å². The Morgan fingerprint density at radius 3 is 2.68 bits per heavy atom. The number of benzene rings is 1. The van der Waals surface area contributed by atoms with Crippen LogP contribution in [0.15, 0.2) is 24.3 Å². The van der Waals surface area contributed by atoms with E-state index in [-0.39, 0.29) is 17.9 Å². The molecule has 0 aromatic heterocycles. The third-order valence-electron chi connectivity index (χ3n) is 4.09. The molecule has 0 spiro atoms. The van der Waals surface area contributed by atoms with Crippen LogP contribution in [0, 0.1) is 11.8 Å². The average Bonchev–Trinajstić information content (AvgIpc) is 2.80. The van der Waals surface area contributed by atoms with Gasteiger partial charge in [0, 0.05) is 24.7 Å². The molecule has 104 valence electrons. The van der Waals surface area contributed by atoms with Gasteiger partial charge in [-0.2, -0.15) is 0 Å². The van der Waals surface area contributed by atoms with Gasteiger partial charge in [0.2, 0.25) is 0 Å². The maximum atomic E-state index is 11.2. The maximum absolute atomic E-state index is 11.2. The molecular formula is C15H21NO3. The van der Waals surface area contributed by atoms with Gasteiger partial charge in [0.1, 0.15) is 5.75 Å². The average molecular weight is 263 g/mol. The lowest BCUT2D eigenvalue weighted by molar-refractivity contribution is -0.142. The molecule has 0 aliphatic carbocycles. The second-order valence-corrected chi connectivity index (χ2v) is 5.29. The minimum absolute atomic E-state index is 0.169. The summed E-state index contributed by atoms with van der Waals surface area (Å²) in [6.07, 6.45) is 0. The lowest BCUT2D eigenvalue weighted by atomic mass is 9.99. The Hall–Kier alpha value is -1.55. The molecule has 1 unspecified atom stereocenters. The van der Waals surface area contributed by atoms with Crippen molar-refractivity contribution in [2.75, 3.05) is 20.2 Å². The summed E-state index contributed by atoms with van der Waals surface area (Å²) in [5.41, 5.74) is 1.11. The number of rotatable bonds is 4. The molecule has 4 nitrogen and oxygen atoms in total. The van der Waals surface area contributed by atoms with Crippen LogP contribution >= 0.6 is 0 Å². The molecule has 0 saturated carbocycles. The van der Waals surface area contributed by atoms with E-state index in [0.29, 0.717) is 6.54 Å². The zero-order valence-corrected chi connectivity index (χ0v) is 11.7. The van der Waals surface area contributed by atoms with Crippen molar-refractivity contribution in [3.8, 4) is 5.75 Å². The van der Waals surface area contributed by atoms with E-state index in [2.05, 4.69) is 11.8 Å². The highest BCUT2D eigenvalue weighted by Gasteiger charge is 2.37. The first kappa shape index (κ1) is 13.9. The fourth-order valence-electron chi connectivity index (χ4n) is 2.85. The molecule has 1 saturated heterocycles. The topological polar surface area (TPSA) is 49.8 Å². The molecule has 1 N–H and O–H groups in total. The number of methoxy groups -OCH3 is 1. The number of likely N-dealkylation sites (tertiary alicyclic amines) is 1. The van der Waals surface area contributed by atoms with E-state index < -0.39 is 5.97 Å². The Labute approximate surface area is 114 Å². The number of carboxylic acids is 1. The van der Waals surface area contributed by atoms with Gasteiger partial charge in [0.25, 0.3) is 0 Å². The number of hydrogen-bond donors (Lipinski definition) is 1. The standard InChI is InChI=1S/C15H21NO3/c1-10-8-16(9-13(10)15(17)18)11(2)12-6-4-5-7-14(12)19-3/h4-7,10-11,13H,8-9H2,1-3H3,(H,17,18)/t10-,11?,13-/m1/s1. The van der Waals surface area contributed by atoms with Crippen LogP contribution in [0.4, 0.5) is 0 Å². The Bertz CT molecular complexity index is 460. The summed E-state index contributed by atoms with van der Waals surface area (Å²) >= 11 is 0. The largest absolute Gasteiger partial charge is 0.496 e. The van der Waals surface area contributed by atoms with E-state index in [1.54, 1.807) is 7.11 Å². The van der Waals surface area contributed by atoms with Crippen molar-refractivity contribution in [3.63, 3.8) is 0 Å². The normalized spacial score (nSPS) is 25.2. The third-order valence-corrected chi connectivity index (χ3v) is 4.09. The van der Waals surface area contributed by atoms with Crippen LogP contribution in [0.2, 0.25) is 0 Å². The number of hydrogen-bond acceptors (Lipinski definition) is 3. The zero-order valence-electron chi connectivity index (χ0n) is 11.7. The van der Waals surface area contributed by atoms with Gasteiger partial charge in [-0.25, -0.2) is 0 Å². The molecule has 0 radical (unpaired) electrons. The number of aliphatic carboxylic acids is 1. The number of para-hydroxylation sites is 1.